The third-order valence-electron chi connectivity index (χ3n) is 4.51. The van der Waals surface area contributed by atoms with E-state index in [0.29, 0.717) is 44.2 Å². The molecule has 0 saturated carbocycles. The molecule has 0 bridgehead atoms. The molecule has 4 rings (SSSR count). The molecule has 0 atom stereocenters. The minimum Gasteiger partial charge on any atom is -0.459 e. The van der Waals surface area contributed by atoms with Crippen LogP contribution in [0.1, 0.15) is 21.7 Å². The number of hydrogen-bond donors (Lipinski definition) is 1. The fourth-order valence-corrected chi connectivity index (χ4v) is 3.15. The van der Waals surface area contributed by atoms with Crippen molar-refractivity contribution in [1.29, 1.82) is 0 Å². The van der Waals surface area contributed by atoms with Crippen LogP contribution in [0.5, 0.6) is 0 Å². The monoisotopic (exact) mass is 352 g/mol. The van der Waals surface area contributed by atoms with E-state index in [0.717, 1.165) is 27.9 Å². The van der Waals surface area contributed by atoms with Crippen molar-refractivity contribution >= 4 is 16.9 Å². The Hall–Kier alpha value is -2.77. The maximum atomic E-state index is 12.5. The molecule has 2 aromatic heterocycles. The van der Waals surface area contributed by atoms with Gasteiger partial charge in [-0.25, -0.2) is 9.97 Å². The maximum Gasteiger partial charge on any atom is 0.257 e. The van der Waals surface area contributed by atoms with Crippen molar-refractivity contribution in [2.45, 2.75) is 13.5 Å². The van der Waals surface area contributed by atoms with E-state index in [1.54, 1.807) is 17.3 Å². The first-order chi connectivity index (χ1) is 12.7. The third kappa shape index (κ3) is 3.07. The summed E-state index contributed by atoms with van der Waals surface area (Å²) in [5, 5.41) is 0.970. The van der Waals surface area contributed by atoms with Gasteiger partial charge >= 0.3 is 0 Å². The van der Waals surface area contributed by atoms with Gasteiger partial charge in [0.1, 0.15) is 11.3 Å². The van der Waals surface area contributed by atoms with Crippen LogP contribution < -0.4 is 5.73 Å². The van der Waals surface area contributed by atoms with Crippen LogP contribution in [-0.2, 0) is 11.3 Å². The first-order valence-corrected chi connectivity index (χ1v) is 8.58. The highest BCUT2D eigenvalue weighted by atomic mass is 16.5. The molecule has 3 aromatic rings. The smallest absolute Gasteiger partial charge is 0.257 e. The van der Waals surface area contributed by atoms with Crippen molar-refractivity contribution in [2.24, 2.45) is 5.73 Å². The summed E-state index contributed by atoms with van der Waals surface area (Å²) >= 11 is 0. The van der Waals surface area contributed by atoms with Crippen LogP contribution in [0.2, 0.25) is 0 Å². The zero-order valence-corrected chi connectivity index (χ0v) is 14.6. The van der Waals surface area contributed by atoms with E-state index in [9.17, 15) is 4.79 Å². The highest BCUT2D eigenvalue weighted by Crippen LogP contribution is 2.28. The number of benzene rings is 1. The largest absolute Gasteiger partial charge is 0.459 e. The van der Waals surface area contributed by atoms with Crippen molar-refractivity contribution in [2.75, 3.05) is 26.3 Å². The van der Waals surface area contributed by atoms with E-state index >= 15 is 0 Å². The second kappa shape index (κ2) is 6.86. The van der Waals surface area contributed by atoms with Crippen LogP contribution >= 0.6 is 0 Å². The minimum atomic E-state index is -0.0612. The van der Waals surface area contributed by atoms with Gasteiger partial charge in [0.25, 0.3) is 5.91 Å². The van der Waals surface area contributed by atoms with Gasteiger partial charge in [0, 0.05) is 36.4 Å². The van der Waals surface area contributed by atoms with Gasteiger partial charge in [0.05, 0.1) is 25.3 Å². The maximum absolute atomic E-state index is 12.5. The van der Waals surface area contributed by atoms with Crippen molar-refractivity contribution in [3.05, 3.63) is 47.5 Å². The number of hydrogen-bond acceptors (Lipinski definition) is 6. The number of fused-ring (bicyclic) bond motifs is 1. The first kappa shape index (κ1) is 16.7. The molecular formula is C19H20N4O3. The van der Waals surface area contributed by atoms with Crippen LogP contribution in [0.15, 0.2) is 35.0 Å². The topological polar surface area (TPSA) is 94.5 Å². The molecule has 0 spiro atoms. The van der Waals surface area contributed by atoms with Crippen LogP contribution in [0.25, 0.3) is 22.4 Å². The molecule has 2 N–H and O–H groups in total. The Balaban J connectivity index is 1.62. The van der Waals surface area contributed by atoms with Crippen LogP contribution in [0.3, 0.4) is 0 Å². The van der Waals surface area contributed by atoms with E-state index in [2.05, 4.69) is 9.97 Å². The zero-order chi connectivity index (χ0) is 18.1. The number of ether oxygens (including phenoxy) is 1. The van der Waals surface area contributed by atoms with Gasteiger partial charge < -0.3 is 19.8 Å². The van der Waals surface area contributed by atoms with Gasteiger partial charge in [-0.1, -0.05) is 0 Å². The molecule has 1 aliphatic heterocycles. The number of nitrogens with two attached hydrogens (primary N) is 1. The van der Waals surface area contributed by atoms with Crippen LogP contribution in [0, 0.1) is 6.92 Å². The number of furan rings is 1. The Labute approximate surface area is 150 Å². The van der Waals surface area contributed by atoms with Crippen LogP contribution in [-0.4, -0.2) is 47.1 Å². The molecule has 1 aliphatic rings. The molecule has 0 unspecified atom stereocenters. The number of nitrogens with zero attached hydrogens (tertiary/aromatic N) is 3. The van der Waals surface area contributed by atoms with E-state index in [1.807, 2.05) is 25.1 Å². The Morgan fingerprint density at radius 3 is 2.62 bits per heavy atom. The summed E-state index contributed by atoms with van der Waals surface area (Å²) in [6, 6.07) is 5.89. The second-order valence-corrected chi connectivity index (χ2v) is 6.33. The second-order valence-electron chi connectivity index (χ2n) is 6.33. The molecule has 1 aromatic carbocycles. The standard InChI is InChI=1S/C19H20N4O3/c1-12-6-14(7-13-8-16(9-20)26-17(12)13)18-21-10-15(11-22-18)19(24)23-2-4-25-5-3-23/h6-8,10-11H,2-5,9,20H2,1H3. The average Bonchev–Trinajstić information content (AvgIpc) is 3.12. The molecule has 1 fully saturated rings. The Morgan fingerprint density at radius 1 is 1.19 bits per heavy atom. The van der Waals surface area contributed by atoms with Gasteiger partial charge in [-0.3, -0.25) is 4.79 Å². The number of carbonyl (C=O) groups is 1. The SMILES string of the molecule is Cc1cc(-c2ncc(C(=O)N3CCOCC3)cn2)cc2cc(CN)oc12. The average molecular weight is 352 g/mol. The molecule has 7 heteroatoms. The first-order valence-electron chi connectivity index (χ1n) is 8.58. The molecule has 1 amide bonds. The summed E-state index contributed by atoms with van der Waals surface area (Å²) in [6.45, 7) is 4.67. The highest BCUT2D eigenvalue weighted by molar-refractivity contribution is 5.94. The zero-order valence-electron chi connectivity index (χ0n) is 14.6. The number of aromatic nitrogens is 2. The molecule has 0 aliphatic carbocycles. The van der Waals surface area contributed by atoms with Crippen molar-refractivity contribution in [3.8, 4) is 11.4 Å². The quantitative estimate of drug-likeness (QED) is 0.776. The van der Waals surface area contributed by atoms with Gasteiger partial charge in [0.15, 0.2) is 5.82 Å². The summed E-state index contributed by atoms with van der Waals surface area (Å²) in [6.07, 6.45) is 3.17. The third-order valence-corrected chi connectivity index (χ3v) is 4.51. The van der Waals surface area contributed by atoms with Gasteiger partial charge in [-0.2, -0.15) is 0 Å². The molecule has 1 saturated heterocycles. The number of rotatable bonds is 3. The van der Waals surface area contributed by atoms with E-state index in [1.165, 1.54) is 0 Å². The van der Waals surface area contributed by atoms with Gasteiger partial charge in [0.2, 0.25) is 0 Å². The van der Waals surface area contributed by atoms with E-state index in [-0.39, 0.29) is 5.91 Å². The highest BCUT2D eigenvalue weighted by Gasteiger charge is 2.19. The van der Waals surface area contributed by atoms with Crippen LogP contribution in [0.4, 0.5) is 0 Å². The fourth-order valence-electron chi connectivity index (χ4n) is 3.15. The Kier molecular flexibility index (Phi) is 4.40. The number of carbonyl (C=O) groups excluding carboxylic acids is 1. The molecule has 3 heterocycles. The molecule has 7 nitrogen and oxygen atoms in total. The van der Waals surface area contributed by atoms with E-state index < -0.39 is 0 Å². The summed E-state index contributed by atoms with van der Waals surface area (Å²) in [5.74, 6) is 1.26. The lowest BCUT2D eigenvalue weighted by molar-refractivity contribution is 0.0302. The summed E-state index contributed by atoms with van der Waals surface area (Å²) < 4.78 is 11.0. The molecule has 26 heavy (non-hydrogen) atoms. The lowest BCUT2D eigenvalue weighted by Gasteiger charge is -2.26. The predicted molar refractivity (Wildman–Crippen MR) is 96.6 cm³/mol. The van der Waals surface area contributed by atoms with Crippen molar-refractivity contribution in [1.82, 2.24) is 14.9 Å². The number of aryl methyl sites for hydroxylation is 1. The summed E-state index contributed by atoms with van der Waals surface area (Å²) in [4.78, 5) is 23.0. The predicted octanol–water partition coefficient (Wildman–Crippen LogP) is 2.13. The number of amides is 1. The van der Waals surface area contributed by atoms with Gasteiger partial charge in [-0.15, -0.1) is 0 Å². The van der Waals surface area contributed by atoms with Crippen molar-refractivity contribution < 1.29 is 13.9 Å². The number of morpholine rings is 1. The lowest BCUT2D eigenvalue weighted by Crippen LogP contribution is -2.40. The Bertz CT molecular complexity index is 943. The van der Waals surface area contributed by atoms with E-state index in [4.69, 9.17) is 14.9 Å². The van der Waals surface area contributed by atoms with Crippen molar-refractivity contribution in [3.63, 3.8) is 0 Å². The molecule has 134 valence electrons. The van der Waals surface area contributed by atoms with Gasteiger partial charge in [-0.05, 0) is 30.7 Å². The molecule has 0 radical (unpaired) electrons. The summed E-state index contributed by atoms with van der Waals surface area (Å²) in [5.41, 5.74) is 8.85. The fraction of sp³-hybridized carbons (Fsp3) is 0.316. The Morgan fingerprint density at radius 2 is 1.92 bits per heavy atom. The normalized spacial score (nSPS) is 14.8. The summed E-state index contributed by atoms with van der Waals surface area (Å²) in [7, 11) is 0. The molecular weight excluding hydrogens is 332 g/mol. The lowest BCUT2D eigenvalue weighted by atomic mass is 10.1. The minimum absolute atomic E-state index is 0.0612.